The van der Waals surface area contributed by atoms with Gasteiger partial charge in [0.2, 0.25) is 11.6 Å². The second-order valence-corrected chi connectivity index (χ2v) is 8.34. The van der Waals surface area contributed by atoms with Crippen LogP contribution in [0.4, 0.5) is 11.4 Å². The standard InChI is InChI=1S/C16H10.C14H10N2O4/c1-2-12-11-13-7-3-4-9-15(13)16-10-6-5-8-14(12)16;15-5-1-3-7(17)11-9(5)13(19)12-8(18)4-2-6(16)10(12)14(11)20/h1,3-11H;1-4,17-18H,15-16H2. The predicted octanol–water partition coefficient (Wildman–Crippen LogP) is 5.01. The molecule has 1 aliphatic carbocycles. The number of phenolic OH excluding ortho intramolecular Hbond substituents is 2. The molecule has 0 amide bonds. The van der Waals surface area contributed by atoms with Crippen molar-refractivity contribution < 1.29 is 19.8 Å². The SMILES string of the molecule is C#Cc1cc2ccccc2c2ccccc12.Nc1ccc(O)c2c1C(=O)c1c(O)ccc(N)c1C2=O. The predicted molar refractivity (Wildman–Crippen MR) is 141 cm³/mol. The van der Waals surface area contributed by atoms with E-state index in [0.29, 0.717) is 0 Å². The van der Waals surface area contributed by atoms with Gasteiger partial charge in [-0.25, -0.2) is 0 Å². The lowest BCUT2D eigenvalue weighted by atomic mass is 9.81. The van der Waals surface area contributed by atoms with Crippen molar-refractivity contribution in [3.63, 3.8) is 0 Å². The highest BCUT2D eigenvalue weighted by Gasteiger charge is 2.36. The number of terminal acetylenes is 1. The Morgan fingerprint density at radius 2 is 1.08 bits per heavy atom. The van der Waals surface area contributed by atoms with Crippen molar-refractivity contribution in [2.24, 2.45) is 0 Å². The third-order valence-electron chi connectivity index (χ3n) is 6.26. The lowest BCUT2D eigenvalue weighted by Crippen LogP contribution is -2.24. The molecule has 0 bridgehead atoms. The van der Waals surface area contributed by atoms with Gasteiger partial charge in [0, 0.05) is 16.9 Å². The molecule has 174 valence electrons. The maximum Gasteiger partial charge on any atom is 0.200 e. The third kappa shape index (κ3) is 3.39. The summed E-state index contributed by atoms with van der Waals surface area (Å²) in [5, 5.41) is 24.5. The molecule has 0 saturated carbocycles. The van der Waals surface area contributed by atoms with Crippen molar-refractivity contribution in [2.75, 3.05) is 11.5 Å². The minimum absolute atomic E-state index is 0.0589. The number of hydrogen-bond donors (Lipinski definition) is 4. The van der Waals surface area contributed by atoms with Crippen LogP contribution < -0.4 is 11.5 Å². The fourth-order valence-electron chi connectivity index (χ4n) is 4.59. The van der Waals surface area contributed by atoms with Crippen LogP contribution in [0.3, 0.4) is 0 Å². The van der Waals surface area contributed by atoms with Crippen molar-refractivity contribution in [2.45, 2.75) is 0 Å². The molecular formula is C30H20N2O4. The van der Waals surface area contributed by atoms with E-state index in [4.69, 9.17) is 17.9 Å². The molecule has 0 unspecified atom stereocenters. The zero-order valence-corrected chi connectivity index (χ0v) is 18.9. The van der Waals surface area contributed by atoms with E-state index in [9.17, 15) is 19.8 Å². The molecule has 6 rings (SSSR count). The van der Waals surface area contributed by atoms with Gasteiger partial charge in [0.15, 0.2) is 0 Å². The number of rotatable bonds is 0. The van der Waals surface area contributed by atoms with Crippen LogP contribution in [0.1, 0.15) is 37.4 Å². The first-order valence-electron chi connectivity index (χ1n) is 11.0. The van der Waals surface area contributed by atoms with Crippen LogP contribution >= 0.6 is 0 Å². The number of fused-ring (bicyclic) bond motifs is 5. The Bertz CT molecular complexity index is 1650. The van der Waals surface area contributed by atoms with Crippen molar-refractivity contribution in [1.82, 2.24) is 0 Å². The van der Waals surface area contributed by atoms with Gasteiger partial charge in [0.1, 0.15) is 11.5 Å². The second kappa shape index (κ2) is 8.49. The third-order valence-corrected chi connectivity index (χ3v) is 6.26. The van der Waals surface area contributed by atoms with Gasteiger partial charge in [0.05, 0.1) is 22.3 Å². The Morgan fingerprint density at radius 3 is 1.61 bits per heavy atom. The quantitative estimate of drug-likeness (QED) is 0.107. The molecule has 5 aromatic rings. The lowest BCUT2D eigenvalue weighted by molar-refractivity contribution is 0.0975. The summed E-state index contributed by atoms with van der Waals surface area (Å²) in [5.41, 5.74) is 11.9. The fourth-order valence-corrected chi connectivity index (χ4v) is 4.59. The van der Waals surface area contributed by atoms with Crippen LogP contribution in [0, 0.1) is 12.3 Å². The van der Waals surface area contributed by atoms with E-state index in [1.54, 1.807) is 0 Å². The minimum atomic E-state index is -0.632. The minimum Gasteiger partial charge on any atom is -0.507 e. The molecule has 6 N–H and O–H groups in total. The number of hydrogen-bond acceptors (Lipinski definition) is 6. The topological polar surface area (TPSA) is 127 Å². The van der Waals surface area contributed by atoms with Crippen molar-refractivity contribution in [3.8, 4) is 23.8 Å². The van der Waals surface area contributed by atoms with E-state index in [1.165, 1.54) is 40.4 Å². The zero-order chi connectivity index (χ0) is 25.6. The number of nitrogen functional groups attached to an aromatic ring is 2. The monoisotopic (exact) mass is 472 g/mol. The molecule has 0 saturated heterocycles. The smallest absolute Gasteiger partial charge is 0.200 e. The summed E-state index contributed by atoms with van der Waals surface area (Å²) in [4.78, 5) is 24.9. The van der Waals surface area contributed by atoms with Crippen LogP contribution in [-0.2, 0) is 0 Å². The van der Waals surface area contributed by atoms with E-state index in [2.05, 4.69) is 48.4 Å². The molecule has 0 radical (unpaired) electrons. The first-order chi connectivity index (χ1) is 17.3. The average molecular weight is 473 g/mol. The van der Waals surface area contributed by atoms with E-state index in [0.717, 1.165) is 10.9 Å². The van der Waals surface area contributed by atoms with Crippen LogP contribution in [0.2, 0.25) is 0 Å². The molecule has 0 atom stereocenters. The number of aromatic hydroxyl groups is 2. The molecule has 0 aliphatic heterocycles. The van der Waals surface area contributed by atoms with Crippen molar-refractivity contribution >= 4 is 44.5 Å². The number of nitrogens with two attached hydrogens (primary N) is 2. The van der Waals surface area contributed by atoms with Gasteiger partial charge in [-0.05, 0) is 51.9 Å². The number of anilines is 2. The maximum absolute atomic E-state index is 12.4. The Kier molecular flexibility index (Phi) is 5.31. The van der Waals surface area contributed by atoms with Gasteiger partial charge in [-0.2, -0.15) is 0 Å². The van der Waals surface area contributed by atoms with E-state index in [1.807, 2.05) is 12.1 Å². The van der Waals surface area contributed by atoms with Gasteiger partial charge in [-0.1, -0.05) is 54.5 Å². The van der Waals surface area contributed by atoms with Crippen LogP contribution in [0.5, 0.6) is 11.5 Å². The Hall–Kier alpha value is -5.28. The van der Waals surface area contributed by atoms with Crippen LogP contribution in [-0.4, -0.2) is 21.8 Å². The zero-order valence-electron chi connectivity index (χ0n) is 18.9. The highest BCUT2D eigenvalue weighted by molar-refractivity contribution is 6.33. The van der Waals surface area contributed by atoms with Gasteiger partial charge >= 0.3 is 0 Å². The molecule has 36 heavy (non-hydrogen) atoms. The maximum atomic E-state index is 12.4. The molecule has 6 nitrogen and oxygen atoms in total. The summed E-state index contributed by atoms with van der Waals surface area (Å²) in [6, 6.07) is 23.8. The first kappa shape index (κ1) is 22.5. The summed E-state index contributed by atoms with van der Waals surface area (Å²) < 4.78 is 0. The van der Waals surface area contributed by atoms with Gasteiger partial charge in [-0.3, -0.25) is 9.59 Å². The largest absolute Gasteiger partial charge is 0.507 e. The van der Waals surface area contributed by atoms with Gasteiger partial charge < -0.3 is 21.7 Å². The molecule has 0 spiro atoms. The summed E-state index contributed by atoms with van der Waals surface area (Å²) >= 11 is 0. The number of ketones is 2. The molecule has 0 fully saturated rings. The second-order valence-electron chi connectivity index (χ2n) is 8.34. The number of benzene rings is 5. The molecule has 0 aromatic heterocycles. The van der Waals surface area contributed by atoms with Crippen LogP contribution in [0.15, 0.2) is 78.9 Å². The summed E-state index contributed by atoms with van der Waals surface area (Å²) in [6.45, 7) is 0. The fraction of sp³-hybridized carbons (Fsp3) is 0. The molecular weight excluding hydrogens is 452 g/mol. The van der Waals surface area contributed by atoms with E-state index in [-0.39, 0.29) is 45.1 Å². The molecule has 1 aliphatic rings. The van der Waals surface area contributed by atoms with E-state index >= 15 is 0 Å². The molecule has 0 heterocycles. The van der Waals surface area contributed by atoms with Crippen molar-refractivity contribution in [1.29, 1.82) is 0 Å². The number of carbonyl (C=O) groups excluding carboxylic acids is 2. The highest BCUT2D eigenvalue weighted by Crippen LogP contribution is 2.40. The van der Waals surface area contributed by atoms with Crippen LogP contribution in [0.25, 0.3) is 21.5 Å². The lowest BCUT2D eigenvalue weighted by Gasteiger charge is -2.21. The van der Waals surface area contributed by atoms with Gasteiger partial charge in [-0.15, -0.1) is 6.42 Å². The normalized spacial score (nSPS) is 11.9. The van der Waals surface area contributed by atoms with Crippen molar-refractivity contribution in [3.05, 3.63) is 107 Å². The number of phenols is 2. The Labute approximate surface area is 206 Å². The molecule has 6 heteroatoms. The number of carbonyl (C=O) groups is 2. The molecule has 5 aromatic carbocycles. The average Bonchev–Trinajstić information content (AvgIpc) is 2.89. The summed E-state index contributed by atoms with van der Waals surface area (Å²) in [7, 11) is 0. The Morgan fingerprint density at radius 1 is 0.611 bits per heavy atom. The Balaban J connectivity index is 0.000000152. The van der Waals surface area contributed by atoms with E-state index < -0.39 is 11.6 Å². The highest BCUT2D eigenvalue weighted by atomic mass is 16.3. The van der Waals surface area contributed by atoms with Gasteiger partial charge in [0.25, 0.3) is 0 Å². The summed E-state index contributed by atoms with van der Waals surface area (Å²) in [5.74, 6) is 0.806. The summed E-state index contributed by atoms with van der Waals surface area (Å²) in [6.07, 6.45) is 5.56. The first-order valence-corrected chi connectivity index (χ1v) is 11.0.